The Balaban J connectivity index is 2.01. The maximum Gasteiger partial charge on any atom is 0.363 e. The lowest BCUT2D eigenvalue weighted by Gasteiger charge is -2.07. The number of aliphatic imine (C=N–C) groups is 1. The van der Waals surface area contributed by atoms with Gasteiger partial charge in [-0.05, 0) is 35.7 Å². The smallest absolute Gasteiger partial charge is 0.363 e. The summed E-state index contributed by atoms with van der Waals surface area (Å²) >= 11 is 4.92. The SMILES string of the molecule is COc1ccc(Br)cc1C1=N/C(=C\c2cccs2)C(=O)O1. The first kappa shape index (κ1) is 14.0. The molecule has 1 aromatic heterocycles. The molecule has 21 heavy (non-hydrogen) atoms. The van der Waals surface area contributed by atoms with Gasteiger partial charge in [-0.2, -0.15) is 0 Å². The van der Waals surface area contributed by atoms with E-state index in [1.165, 1.54) is 11.3 Å². The van der Waals surface area contributed by atoms with Gasteiger partial charge in [-0.25, -0.2) is 9.79 Å². The first-order valence-corrected chi connectivity index (χ1v) is 7.74. The molecule has 0 saturated heterocycles. The van der Waals surface area contributed by atoms with Crippen LogP contribution in [-0.2, 0) is 9.53 Å². The van der Waals surface area contributed by atoms with Crippen LogP contribution in [0.2, 0.25) is 0 Å². The molecule has 0 N–H and O–H groups in total. The van der Waals surface area contributed by atoms with Crippen LogP contribution in [0.5, 0.6) is 5.75 Å². The molecule has 106 valence electrons. The highest BCUT2D eigenvalue weighted by molar-refractivity contribution is 9.10. The number of methoxy groups -OCH3 is 1. The summed E-state index contributed by atoms with van der Waals surface area (Å²) in [6, 6.07) is 9.27. The monoisotopic (exact) mass is 363 g/mol. The number of rotatable bonds is 3. The van der Waals surface area contributed by atoms with Crippen molar-refractivity contribution in [2.24, 2.45) is 4.99 Å². The predicted molar refractivity (Wildman–Crippen MR) is 85.6 cm³/mol. The molecule has 0 spiro atoms. The molecule has 3 rings (SSSR count). The van der Waals surface area contributed by atoms with Gasteiger partial charge in [0.15, 0.2) is 5.70 Å². The number of benzene rings is 1. The van der Waals surface area contributed by atoms with Crippen molar-refractivity contribution in [3.05, 3.63) is 56.3 Å². The highest BCUT2D eigenvalue weighted by atomic mass is 79.9. The lowest BCUT2D eigenvalue weighted by atomic mass is 10.2. The maximum absolute atomic E-state index is 11.9. The summed E-state index contributed by atoms with van der Waals surface area (Å²) in [6.07, 6.45) is 1.71. The Morgan fingerprint density at radius 2 is 2.24 bits per heavy atom. The van der Waals surface area contributed by atoms with E-state index in [0.29, 0.717) is 11.3 Å². The van der Waals surface area contributed by atoms with Gasteiger partial charge >= 0.3 is 5.97 Å². The van der Waals surface area contributed by atoms with Crippen molar-refractivity contribution < 1.29 is 14.3 Å². The van der Waals surface area contributed by atoms with Crippen molar-refractivity contribution in [3.8, 4) is 5.75 Å². The van der Waals surface area contributed by atoms with Gasteiger partial charge in [-0.3, -0.25) is 0 Å². The van der Waals surface area contributed by atoms with Crippen LogP contribution in [0.25, 0.3) is 6.08 Å². The number of cyclic esters (lactones) is 1. The van der Waals surface area contributed by atoms with E-state index in [9.17, 15) is 4.79 Å². The molecule has 0 amide bonds. The van der Waals surface area contributed by atoms with E-state index in [2.05, 4.69) is 20.9 Å². The van der Waals surface area contributed by atoms with Gasteiger partial charge in [0, 0.05) is 9.35 Å². The fourth-order valence-electron chi connectivity index (χ4n) is 1.88. The lowest BCUT2D eigenvalue weighted by molar-refractivity contribution is -0.129. The number of carbonyl (C=O) groups is 1. The number of hydrogen-bond donors (Lipinski definition) is 0. The van der Waals surface area contributed by atoms with Crippen LogP contribution >= 0.6 is 27.3 Å². The van der Waals surface area contributed by atoms with Crippen molar-refractivity contribution in [3.63, 3.8) is 0 Å². The van der Waals surface area contributed by atoms with Crippen LogP contribution in [0.1, 0.15) is 10.4 Å². The van der Waals surface area contributed by atoms with Crippen molar-refractivity contribution in [1.82, 2.24) is 0 Å². The molecule has 2 aromatic rings. The van der Waals surface area contributed by atoms with E-state index in [4.69, 9.17) is 9.47 Å². The zero-order valence-corrected chi connectivity index (χ0v) is 13.4. The topological polar surface area (TPSA) is 47.9 Å². The van der Waals surface area contributed by atoms with Crippen LogP contribution in [0.15, 0.2) is 50.9 Å². The molecule has 0 unspecified atom stereocenters. The molecule has 4 nitrogen and oxygen atoms in total. The summed E-state index contributed by atoms with van der Waals surface area (Å²) < 4.78 is 11.4. The number of esters is 1. The number of hydrogen-bond acceptors (Lipinski definition) is 5. The third-order valence-corrected chi connectivity index (χ3v) is 4.15. The third kappa shape index (κ3) is 2.91. The van der Waals surface area contributed by atoms with Crippen molar-refractivity contribution in [2.75, 3.05) is 7.11 Å². The van der Waals surface area contributed by atoms with Crippen molar-refractivity contribution >= 4 is 45.2 Å². The first-order valence-electron chi connectivity index (χ1n) is 6.07. The Labute approximate surface area is 133 Å². The van der Waals surface area contributed by atoms with E-state index in [0.717, 1.165) is 9.35 Å². The Kier molecular flexibility index (Phi) is 3.90. The fraction of sp³-hybridized carbons (Fsp3) is 0.0667. The van der Waals surface area contributed by atoms with Gasteiger partial charge in [0.25, 0.3) is 0 Å². The van der Waals surface area contributed by atoms with Crippen LogP contribution in [0.3, 0.4) is 0 Å². The molecule has 6 heteroatoms. The number of halogens is 1. The molecule has 1 aliphatic rings. The van der Waals surface area contributed by atoms with Gasteiger partial charge in [0.1, 0.15) is 5.75 Å². The molecule has 0 radical (unpaired) electrons. The van der Waals surface area contributed by atoms with Gasteiger partial charge in [-0.15, -0.1) is 11.3 Å². The summed E-state index contributed by atoms with van der Waals surface area (Å²) in [5.41, 5.74) is 0.921. The second-order valence-corrected chi connectivity index (χ2v) is 6.09. The predicted octanol–water partition coefficient (Wildman–Crippen LogP) is 3.86. The van der Waals surface area contributed by atoms with Crippen LogP contribution in [0.4, 0.5) is 0 Å². The van der Waals surface area contributed by atoms with E-state index in [1.54, 1.807) is 25.3 Å². The van der Waals surface area contributed by atoms with E-state index in [1.807, 2.05) is 23.6 Å². The number of thiophene rings is 1. The summed E-state index contributed by atoms with van der Waals surface area (Å²) in [6.45, 7) is 0. The van der Waals surface area contributed by atoms with Crippen molar-refractivity contribution in [1.29, 1.82) is 0 Å². The molecule has 0 aliphatic carbocycles. The quantitative estimate of drug-likeness (QED) is 0.614. The number of nitrogens with zero attached hydrogens (tertiary/aromatic N) is 1. The van der Waals surface area contributed by atoms with Crippen LogP contribution in [0, 0.1) is 0 Å². The standard InChI is InChI=1S/C15H10BrNO3S/c1-19-13-5-4-9(16)7-11(13)14-17-12(15(18)20-14)8-10-3-2-6-21-10/h2-8H,1H3/b12-8-. The summed E-state index contributed by atoms with van der Waals surface area (Å²) in [5.74, 6) is 0.392. The Morgan fingerprint density at radius 3 is 2.95 bits per heavy atom. The van der Waals surface area contributed by atoms with E-state index < -0.39 is 5.97 Å². The van der Waals surface area contributed by atoms with Gasteiger partial charge in [0.05, 0.1) is 12.7 Å². The van der Waals surface area contributed by atoms with Gasteiger partial charge < -0.3 is 9.47 Å². The Morgan fingerprint density at radius 1 is 1.38 bits per heavy atom. The highest BCUT2D eigenvalue weighted by Crippen LogP contribution is 2.28. The minimum Gasteiger partial charge on any atom is -0.496 e. The Bertz CT molecular complexity index is 750. The molecule has 0 atom stereocenters. The van der Waals surface area contributed by atoms with E-state index >= 15 is 0 Å². The molecule has 1 aliphatic heterocycles. The second kappa shape index (κ2) is 5.83. The molecule has 0 fully saturated rings. The molecule has 2 heterocycles. The fourth-order valence-corrected chi connectivity index (χ4v) is 2.89. The van der Waals surface area contributed by atoms with Crippen LogP contribution < -0.4 is 4.74 Å². The highest BCUT2D eigenvalue weighted by Gasteiger charge is 2.26. The van der Waals surface area contributed by atoms with Gasteiger partial charge in [-0.1, -0.05) is 22.0 Å². The number of carbonyl (C=O) groups excluding carboxylic acids is 1. The third-order valence-electron chi connectivity index (χ3n) is 2.83. The minimum atomic E-state index is -0.458. The van der Waals surface area contributed by atoms with Crippen LogP contribution in [-0.4, -0.2) is 19.0 Å². The molecule has 0 bridgehead atoms. The second-order valence-electron chi connectivity index (χ2n) is 4.20. The normalized spacial score (nSPS) is 16.0. The van der Waals surface area contributed by atoms with E-state index in [-0.39, 0.29) is 11.6 Å². The molecular formula is C15H10BrNO3S. The molecule has 1 aromatic carbocycles. The number of ether oxygens (including phenoxy) is 2. The van der Waals surface area contributed by atoms with Gasteiger partial charge in [0.2, 0.25) is 5.90 Å². The average molecular weight is 364 g/mol. The molecular weight excluding hydrogens is 354 g/mol. The summed E-state index contributed by atoms with van der Waals surface area (Å²) in [5, 5.41) is 1.94. The summed E-state index contributed by atoms with van der Waals surface area (Å²) in [7, 11) is 1.56. The maximum atomic E-state index is 11.9. The lowest BCUT2D eigenvalue weighted by Crippen LogP contribution is -2.07. The largest absolute Gasteiger partial charge is 0.496 e. The first-order chi connectivity index (χ1) is 10.2. The zero-order chi connectivity index (χ0) is 14.8. The summed E-state index contributed by atoms with van der Waals surface area (Å²) in [4.78, 5) is 17.1. The Hall–Kier alpha value is -1.92. The minimum absolute atomic E-state index is 0.251. The zero-order valence-electron chi connectivity index (χ0n) is 11.0. The molecule has 0 saturated carbocycles. The van der Waals surface area contributed by atoms with Crippen molar-refractivity contribution in [2.45, 2.75) is 0 Å². The average Bonchev–Trinajstić information content (AvgIpc) is 3.10.